The molecule has 6 nitrogen and oxygen atoms in total. The predicted molar refractivity (Wildman–Crippen MR) is 101 cm³/mol. The number of para-hydroxylation sites is 1. The van der Waals surface area contributed by atoms with E-state index >= 15 is 0 Å². The number of aromatic nitrogens is 2. The second-order valence-electron chi connectivity index (χ2n) is 6.05. The first-order chi connectivity index (χ1) is 12.2. The largest absolute Gasteiger partial charge is 0.361 e. The van der Waals surface area contributed by atoms with Crippen molar-refractivity contribution in [2.45, 2.75) is 33.2 Å². The molecule has 0 fully saturated rings. The van der Waals surface area contributed by atoms with Crippen LogP contribution in [0.3, 0.4) is 0 Å². The van der Waals surface area contributed by atoms with Crippen LogP contribution in [0.25, 0.3) is 10.9 Å². The molecular formula is C19H25N5O. The Morgan fingerprint density at radius 3 is 2.96 bits per heavy atom. The highest BCUT2D eigenvalue weighted by atomic mass is 16.5. The Hall–Kier alpha value is -2.76. The Morgan fingerprint density at radius 1 is 1.32 bits per heavy atom. The smallest absolute Gasteiger partial charge is 0.191 e. The summed E-state index contributed by atoms with van der Waals surface area (Å²) in [5.74, 6) is 1.57. The van der Waals surface area contributed by atoms with Crippen LogP contribution in [0.1, 0.15) is 29.5 Å². The van der Waals surface area contributed by atoms with E-state index in [0.717, 1.165) is 36.8 Å². The molecule has 3 aromatic rings. The second-order valence-corrected chi connectivity index (χ2v) is 6.05. The molecule has 0 saturated carbocycles. The van der Waals surface area contributed by atoms with Crippen LogP contribution in [0.15, 0.2) is 40.0 Å². The molecule has 0 amide bonds. The molecule has 0 aliphatic heterocycles. The Morgan fingerprint density at radius 2 is 2.20 bits per heavy atom. The number of nitrogens with one attached hydrogen (secondary N) is 3. The molecule has 0 aliphatic rings. The maximum absolute atomic E-state index is 5.27. The minimum atomic E-state index is 0.568. The molecule has 132 valence electrons. The topological polar surface area (TPSA) is 78.2 Å². The average Bonchev–Trinajstić information content (AvgIpc) is 3.25. The number of guanidine groups is 1. The first-order valence-electron chi connectivity index (χ1n) is 8.65. The molecule has 0 unspecified atom stereocenters. The lowest BCUT2D eigenvalue weighted by Gasteiger charge is -2.10. The Kier molecular flexibility index (Phi) is 5.38. The van der Waals surface area contributed by atoms with Crippen molar-refractivity contribution >= 4 is 16.9 Å². The van der Waals surface area contributed by atoms with Crippen LogP contribution in [-0.4, -0.2) is 29.7 Å². The van der Waals surface area contributed by atoms with Crippen LogP contribution < -0.4 is 10.6 Å². The Balaban J connectivity index is 1.52. The molecule has 1 aromatic carbocycles. The number of aliphatic imine (C=N–C) groups is 1. The van der Waals surface area contributed by atoms with Gasteiger partial charge in [0.15, 0.2) is 11.7 Å². The zero-order valence-electron chi connectivity index (χ0n) is 15.0. The Labute approximate surface area is 147 Å². The van der Waals surface area contributed by atoms with E-state index in [1.54, 1.807) is 7.05 Å². The third kappa shape index (κ3) is 4.02. The van der Waals surface area contributed by atoms with Crippen molar-refractivity contribution in [3.8, 4) is 0 Å². The zero-order chi connectivity index (χ0) is 17.6. The number of aryl methyl sites for hydroxylation is 2. The summed E-state index contributed by atoms with van der Waals surface area (Å²) in [5.41, 5.74) is 4.77. The van der Waals surface area contributed by atoms with Crippen LogP contribution in [-0.2, 0) is 19.4 Å². The summed E-state index contributed by atoms with van der Waals surface area (Å²) in [7, 11) is 1.77. The van der Waals surface area contributed by atoms with Gasteiger partial charge in [0.05, 0.1) is 12.2 Å². The van der Waals surface area contributed by atoms with Crippen LogP contribution in [0.2, 0.25) is 0 Å². The van der Waals surface area contributed by atoms with Gasteiger partial charge >= 0.3 is 0 Å². The number of nitrogens with zero attached hydrogens (tertiary/aromatic N) is 2. The van der Waals surface area contributed by atoms with E-state index in [1.165, 1.54) is 22.0 Å². The first-order valence-corrected chi connectivity index (χ1v) is 8.65. The number of benzene rings is 1. The summed E-state index contributed by atoms with van der Waals surface area (Å²) >= 11 is 0. The van der Waals surface area contributed by atoms with E-state index < -0.39 is 0 Å². The summed E-state index contributed by atoms with van der Waals surface area (Å²) in [6.45, 7) is 5.55. The van der Waals surface area contributed by atoms with Crippen molar-refractivity contribution in [1.29, 1.82) is 0 Å². The van der Waals surface area contributed by atoms with Crippen molar-refractivity contribution in [3.63, 3.8) is 0 Å². The molecule has 0 atom stereocenters. The van der Waals surface area contributed by atoms with Crippen LogP contribution in [0.4, 0.5) is 0 Å². The van der Waals surface area contributed by atoms with Crippen molar-refractivity contribution in [2.24, 2.45) is 4.99 Å². The first kappa shape index (κ1) is 17.1. The predicted octanol–water partition coefficient (Wildman–Crippen LogP) is 2.93. The fraction of sp³-hybridized carbons (Fsp3) is 0.368. The molecule has 2 heterocycles. The Bertz CT molecular complexity index is 862. The molecule has 0 spiro atoms. The molecular weight excluding hydrogens is 314 g/mol. The summed E-state index contributed by atoms with van der Waals surface area (Å²) in [5, 5.41) is 11.9. The SMILES string of the molecule is CCc1cc(CNC(=NC)NCCc2c[nH]c3c(C)cccc23)on1. The maximum atomic E-state index is 5.27. The number of aromatic amines is 1. The van der Waals surface area contributed by atoms with Crippen LogP contribution >= 0.6 is 0 Å². The monoisotopic (exact) mass is 339 g/mol. The fourth-order valence-corrected chi connectivity index (χ4v) is 2.88. The summed E-state index contributed by atoms with van der Waals surface area (Å²) < 4.78 is 5.27. The molecule has 6 heteroatoms. The number of hydrogen-bond donors (Lipinski definition) is 3. The molecule has 3 N–H and O–H groups in total. The normalized spacial score (nSPS) is 11.9. The van der Waals surface area contributed by atoms with Gasteiger partial charge in [-0.25, -0.2) is 0 Å². The standard InChI is InChI=1S/C19H25N5O/c1-4-15-10-16(25-24-15)12-23-19(20-3)21-9-8-14-11-22-18-13(2)6-5-7-17(14)18/h5-7,10-11,22H,4,8-9,12H2,1-3H3,(H2,20,21,23). The van der Waals surface area contributed by atoms with Gasteiger partial charge in [-0.2, -0.15) is 0 Å². The van der Waals surface area contributed by atoms with Crippen LogP contribution in [0, 0.1) is 6.92 Å². The quantitative estimate of drug-likeness (QED) is 0.477. The lowest BCUT2D eigenvalue weighted by molar-refractivity contribution is 0.374. The van der Waals surface area contributed by atoms with E-state index in [2.05, 4.69) is 64.0 Å². The third-order valence-corrected chi connectivity index (χ3v) is 4.32. The summed E-state index contributed by atoms with van der Waals surface area (Å²) in [6, 6.07) is 8.36. The van der Waals surface area contributed by atoms with Gasteiger partial charge in [-0.1, -0.05) is 30.3 Å². The number of fused-ring (bicyclic) bond motifs is 1. The number of hydrogen-bond acceptors (Lipinski definition) is 3. The van der Waals surface area contributed by atoms with Gasteiger partial charge in [0.25, 0.3) is 0 Å². The maximum Gasteiger partial charge on any atom is 0.191 e. The highest BCUT2D eigenvalue weighted by Gasteiger charge is 2.07. The van der Waals surface area contributed by atoms with Gasteiger partial charge in [-0.3, -0.25) is 4.99 Å². The molecule has 0 aliphatic carbocycles. The molecule has 0 saturated heterocycles. The number of H-pyrrole nitrogens is 1. The van der Waals surface area contributed by atoms with E-state index in [-0.39, 0.29) is 0 Å². The van der Waals surface area contributed by atoms with E-state index in [4.69, 9.17) is 4.52 Å². The summed E-state index contributed by atoms with van der Waals surface area (Å²) in [4.78, 5) is 7.62. The molecule has 25 heavy (non-hydrogen) atoms. The van der Waals surface area contributed by atoms with Crippen molar-refractivity contribution in [3.05, 3.63) is 53.0 Å². The van der Waals surface area contributed by atoms with E-state index in [0.29, 0.717) is 6.54 Å². The van der Waals surface area contributed by atoms with E-state index in [1.807, 2.05) is 6.07 Å². The van der Waals surface area contributed by atoms with Gasteiger partial charge in [0, 0.05) is 36.8 Å². The highest BCUT2D eigenvalue weighted by molar-refractivity contribution is 5.86. The van der Waals surface area contributed by atoms with Crippen molar-refractivity contribution in [1.82, 2.24) is 20.8 Å². The minimum absolute atomic E-state index is 0.568. The highest BCUT2D eigenvalue weighted by Crippen LogP contribution is 2.21. The van der Waals surface area contributed by atoms with Crippen molar-refractivity contribution in [2.75, 3.05) is 13.6 Å². The molecule has 0 bridgehead atoms. The lowest BCUT2D eigenvalue weighted by atomic mass is 10.1. The lowest BCUT2D eigenvalue weighted by Crippen LogP contribution is -2.37. The number of rotatable bonds is 6. The second kappa shape index (κ2) is 7.88. The minimum Gasteiger partial charge on any atom is -0.361 e. The van der Waals surface area contributed by atoms with Gasteiger partial charge in [0.1, 0.15) is 0 Å². The molecule has 3 rings (SSSR count). The van der Waals surface area contributed by atoms with E-state index in [9.17, 15) is 0 Å². The van der Waals surface area contributed by atoms with Gasteiger partial charge in [-0.05, 0) is 30.9 Å². The average molecular weight is 339 g/mol. The van der Waals surface area contributed by atoms with Crippen molar-refractivity contribution < 1.29 is 4.52 Å². The molecule has 2 aromatic heterocycles. The molecule has 0 radical (unpaired) electrons. The van der Waals surface area contributed by atoms with Gasteiger partial charge < -0.3 is 20.1 Å². The third-order valence-electron chi connectivity index (χ3n) is 4.32. The fourth-order valence-electron chi connectivity index (χ4n) is 2.88. The summed E-state index contributed by atoms with van der Waals surface area (Å²) in [6.07, 6.45) is 3.89. The zero-order valence-corrected chi connectivity index (χ0v) is 15.0. The van der Waals surface area contributed by atoms with Gasteiger partial charge in [0.2, 0.25) is 0 Å². The van der Waals surface area contributed by atoms with Crippen LogP contribution in [0.5, 0.6) is 0 Å². The van der Waals surface area contributed by atoms with Gasteiger partial charge in [-0.15, -0.1) is 0 Å².